The zero-order valence-electron chi connectivity index (χ0n) is 16.2. The maximum absolute atomic E-state index is 13.4. The molecule has 7 nitrogen and oxygen atoms in total. The van der Waals surface area contributed by atoms with Gasteiger partial charge in [-0.1, -0.05) is 42.5 Å². The Morgan fingerprint density at radius 1 is 0.968 bits per heavy atom. The van der Waals surface area contributed by atoms with Crippen LogP contribution in [0.15, 0.2) is 78.9 Å². The molecule has 0 bridgehead atoms. The van der Waals surface area contributed by atoms with E-state index in [1.54, 1.807) is 35.2 Å². The van der Waals surface area contributed by atoms with Crippen molar-refractivity contribution in [2.75, 3.05) is 4.90 Å². The molecule has 1 aliphatic rings. The number of phenols is 1. The molecule has 3 aromatic carbocycles. The predicted molar refractivity (Wildman–Crippen MR) is 114 cm³/mol. The summed E-state index contributed by atoms with van der Waals surface area (Å²) in [4.78, 5) is 26.2. The molecule has 0 fully saturated rings. The third-order valence-corrected chi connectivity index (χ3v) is 5.39. The minimum atomic E-state index is -1.04. The van der Waals surface area contributed by atoms with Crippen molar-refractivity contribution in [3.05, 3.63) is 101 Å². The van der Waals surface area contributed by atoms with Gasteiger partial charge in [0.1, 0.15) is 11.4 Å². The first-order chi connectivity index (χ1) is 15.0. The van der Waals surface area contributed by atoms with Crippen LogP contribution in [0.4, 0.5) is 5.69 Å². The highest BCUT2D eigenvalue weighted by molar-refractivity contribution is 6.11. The molecular formula is C24H17N3O4. The number of carbonyl (C=O) groups excluding carboxylic acids is 1. The van der Waals surface area contributed by atoms with Gasteiger partial charge in [0.2, 0.25) is 0 Å². The Bertz CT molecular complexity index is 1300. The fourth-order valence-corrected chi connectivity index (χ4v) is 4.00. The Morgan fingerprint density at radius 2 is 1.71 bits per heavy atom. The molecule has 3 N–H and O–H groups in total. The lowest BCUT2D eigenvalue weighted by molar-refractivity contribution is 0.0696. The van der Waals surface area contributed by atoms with Crippen LogP contribution >= 0.6 is 0 Å². The summed E-state index contributed by atoms with van der Waals surface area (Å²) >= 11 is 0. The molecule has 5 rings (SSSR count). The van der Waals surface area contributed by atoms with Crippen LogP contribution in [0, 0.1) is 0 Å². The van der Waals surface area contributed by atoms with Crippen LogP contribution in [0.25, 0.3) is 11.3 Å². The Hall–Kier alpha value is -4.39. The summed E-state index contributed by atoms with van der Waals surface area (Å²) in [5.41, 5.74) is 4.00. The van der Waals surface area contributed by atoms with Gasteiger partial charge in [-0.05, 0) is 42.0 Å². The SMILES string of the molecule is O=C(O)c1ccc(N2C(=O)c3[nH]nc(-c4ccccc4)c3[C@H]2c2cccc(O)c2)cc1. The Morgan fingerprint density at radius 3 is 2.39 bits per heavy atom. The average molecular weight is 411 g/mol. The number of aromatic amines is 1. The number of nitrogens with zero attached hydrogens (tertiary/aromatic N) is 2. The summed E-state index contributed by atoms with van der Waals surface area (Å²) in [6.07, 6.45) is 0. The van der Waals surface area contributed by atoms with Crippen molar-refractivity contribution < 1.29 is 19.8 Å². The molecule has 0 aliphatic carbocycles. The molecule has 0 unspecified atom stereocenters. The van der Waals surface area contributed by atoms with E-state index in [0.29, 0.717) is 28.2 Å². The number of aromatic carboxylic acids is 1. The van der Waals surface area contributed by atoms with E-state index in [2.05, 4.69) is 10.2 Å². The first-order valence-corrected chi connectivity index (χ1v) is 9.64. The minimum Gasteiger partial charge on any atom is -0.508 e. The maximum atomic E-state index is 13.4. The Labute approximate surface area is 177 Å². The van der Waals surface area contributed by atoms with Crippen LogP contribution in [-0.2, 0) is 0 Å². The number of anilines is 1. The molecule has 0 radical (unpaired) electrons. The van der Waals surface area contributed by atoms with E-state index in [9.17, 15) is 19.8 Å². The molecule has 0 saturated carbocycles. The van der Waals surface area contributed by atoms with Gasteiger partial charge in [-0.2, -0.15) is 5.10 Å². The number of H-pyrrole nitrogens is 1. The first kappa shape index (κ1) is 18.6. The van der Waals surface area contributed by atoms with Gasteiger partial charge in [0.25, 0.3) is 5.91 Å². The highest BCUT2D eigenvalue weighted by Crippen LogP contribution is 2.45. The summed E-state index contributed by atoms with van der Waals surface area (Å²) in [6, 6.07) is 21.9. The summed E-state index contributed by atoms with van der Waals surface area (Å²) in [5.74, 6) is -1.23. The Kier molecular flexibility index (Phi) is 4.29. The molecular weight excluding hydrogens is 394 g/mol. The van der Waals surface area contributed by atoms with E-state index in [4.69, 9.17) is 0 Å². The molecule has 1 amide bonds. The number of nitrogens with one attached hydrogen (secondary N) is 1. The molecule has 2 heterocycles. The third-order valence-electron chi connectivity index (χ3n) is 5.39. The lowest BCUT2D eigenvalue weighted by atomic mass is 9.95. The summed E-state index contributed by atoms with van der Waals surface area (Å²) < 4.78 is 0. The van der Waals surface area contributed by atoms with E-state index < -0.39 is 12.0 Å². The number of aromatic hydroxyl groups is 1. The van der Waals surface area contributed by atoms with Gasteiger partial charge in [0, 0.05) is 16.8 Å². The number of hydrogen-bond donors (Lipinski definition) is 3. The van der Waals surface area contributed by atoms with Crippen molar-refractivity contribution in [1.82, 2.24) is 10.2 Å². The van der Waals surface area contributed by atoms with Crippen LogP contribution in [0.5, 0.6) is 5.75 Å². The van der Waals surface area contributed by atoms with Crippen molar-refractivity contribution in [2.45, 2.75) is 6.04 Å². The van der Waals surface area contributed by atoms with Crippen molar-refractivity contribution >= 4 is 17.6 Å². The topological polar surface area (TPSA) is 107 Å². The molecule has 152 valence electrons. The number of rotatable bonds is 4. The van der Waals surface area contributed by atoms with Crippen molar-refractivity contribution in [3.8, 4) is 17.0 Å². The molecule has 0 saturated heterocycles. The number of carbonyl (C=O) groups is 2. The maximum Gasteiger partial charge on any atom is 0.335 e. The van der Waals surface area contributed by atoms with Crippen LogP contribution < -0.4 is 4.90 Å². The quantitative estimate of drug-likeness (QED) is 0.466. The van der Waals surface area contributed by atoms with Crippen LogP contribution in [0.1, 0.15) is 38.0 Å². The summed E-state index contributed by atoms with van der Waals surface area (Å²) in [5, 5.41) is 26.6. The van der Waals surface area contributed by atoms with E-state index in [1.807, 2.05) is 36.4 Å². The number of amides is 1. The highest BCUT2D eigenvalue weighted by atomic mass is 16.4. The molecule has 1 aliphatic heterocycles. The molecule has 4 aromatic rings. The number of carboxylic acid groups (broad SMARTS) is 1. The van der Waals surface area contributed by atoms with Crippen LogP contribution in [0.3, 0.4) is 0 Å². The number of carboxylic acids is 1. The van der Waals surface area contributed by atoms with E-state index in [1.165, 1.54) is 12.1 Å². The number of aromatic nitrogens is 2. The largest absolute Gasteiger partial charge is 0.508 e. The van der Waals surface area contributed by atoms with Crippen molar-refractivity contribution in [3.63, 3.8) is 0 Å². The lowest BCUT2D eigenvalue weighted by Gasteiger charge is -2.26. The highest BCUT2D eigenvalue weighted by Gasteiger charge is 2.43. The average Bonchev–Trinajstić information content (AvgIpc) is 3.33. The van der Waals surface area contributed by atoms with E-state index in [0.717, 1.165) is 5.56 Å². The second kappa shape index (κ2) is 7.14. The Balaban J connectivity index is 1.70. The monoisotopic (exact) mass is 411 g/mol. The van der Waals surface area contributed by atoms with E-state index in [-0.39, 0.29) is 17.2 Å². The molecule has 0 spiro atoms. The normalized spacial score (nSPS) is 15.2. The first-order valence-electron chi connectivity index (χ1n) is 9.64. The lowest BCUT2D eigenvalue weighted by Crippen LogP contribution is -2.29. The van der Waals surface area contributed by atoms with Crippen molar-refractivity contribution in [2.24, 2.45) is 0 Å². The number of hydrogen-bond acceptors (Lipinski definition) is 4. The van der Waals surface area contributed by atoms with Gasteiger partial charge in [0.15, 0.2) is 0 Å². The van der Waals surface area contributed by atoms with Crippen LogP contribution in [-0.4, -0.2) is 32.3 Å². The zero-order valence-corrected chi connectivity index (χ0v) is 16.2. The molecule has 7 heteroatoms. The predicted octanol–water partition coefficient (Wildman–Crippen LogP) is 4.23. The standard InChI is InChI=1S/C24H17N3O4/c28-18-8-4-7-16(13-18)22-19-20(14-5-2-1-3-6-14)25-26-21(19)23(29)27(22)17-11-9-15(10-12-17)24(30)31/h1-13,22,28H,(H,25,26)(H,30,31)/t22-/m1/s1. The van der Waals surface area contributed by atoms with Gasteiger partial charge in [-0.25, -0.2) is 4.79 Å². The van der Waals surface area contributed by atoms with Gasteiger partial charge in [-0.15, -0.1) is 0 Å². The van der Waals surface area contributed by atoms with Gasteiger partial charge in [-0.3, -0.25) is 14.8 Å². The van der Waals surface area contributed by atoms with Gasteiger partial charge in [0.05, 0.1) is 17.3 Å². The second-order valence-corrected chi connectivity index (χ2v) is 7.25. The number of phenolic OH excluding ortho intramolecular Hbond substituents is 1. The molecule has 1 aromatic heterocycles. The second-order valence-electron chi connectivity index (χ2n) is 7.25. The summed E-state index contributed by atoms with van der Waals surface area (Å²) in [7, 11) is 0. The van der Waals surface area contributed by atoms with Gasteiger partial charge < -0.3 is 10.2 Å². The number of fused-ring (bicyclic) bond motifs is 1. The minimum absolute atomic E-state index is 0.0873. The third kappa shape index (κ3) is 3.03. The zero-order chi connectivity index (χ0) is 21.5. The van der Waals surface area contributed by atoms with E-state index >= 15 is 0 Å². The van der Waals surface area contributed by atoms with Crippen LogP contribution in [0.2, 0.25) is 0 Å². The molecule has 31 heavy (non-hydrogen) atoms. The fraction of sp³-hybridized carbons (Fsp3) is 0.0417. The fourth-order valence-electron chi connectivity index (χ4n) is 4.00. The van der Waals surface area contributed by atoms with Crippen molar-refractivity contribution in [1.29, 1.82) is 0 Å². The van der Waals surface area contributed by atoms with Gasteiger partial charge >= 0.3 is 5.97 Å². The smallest absolute Gasteiger partial charge is 0.335 e. The number of benzene rings is 3. The summed E-state index contributed by atoms with van der Waals surface area (Å²) in [6.45, 7) is 0. The molecule has 1 atom stereocenters.